The normalized spacial score (nSPS) is 18.4. The van der Waals surface area contributed by atoms with Gasteiger partial charge in [-0.05, 0) is 24.1 Å². The van der Waals surface area contributed by atoms with Gasteiger partial charge in [-0.1, -0.05) is 31.2 Å². The lowest BCUT2D eigenvalue weighted by atomic mass is 9.72. The Morgan fingerprint density at radius 3 is 3.14 bits per heavy atom. The number of nitrogens with one attached hydrogen (secondary N) is 1. The monoisotopic (exact) mass is 297 g/mol. The van der Waals surface area contributed by atoms with Crippen LogP contribution in [-0.4, -0.2) is 22.0 Å². The molecule has 108 valence electrons. The van der Waals surface area contributed by atoms with Gasteiger partial charge in [0.2, 0.25) is 0 Å². The lowest BCUT2D eigenvalue weighted by Gasteiger charge is -2.36. The molecule has 0 bridgehead atoms. The second kappa shape index (κ2) is 5.28. The van der Waals surface area contributed by atoms with Gasteiger partial charge in [0.25, 0.3) is 0 Å². The Morgan fingerprint density at radius 1 is 1.43 bits per heavy atom. The molecule has 0 aliphatic heterocycles. The molecule has 4 rings (SSSR count). The predicted octanol–water partition coefficient (Wildman–Crippen LogP) is 3.26. The quantitative estimate of drug-likeness (QED) is 0.783. The van der Waals surface area contributed by atoms with Crippen LogP contribution in [0.3, 0.4) is 0 Å². The van der Waals surface area contributed by atoms with Crippen LogP contribution in [0.5, 0.6) is 0 Å². The number of aromatic nitrogens is 2. The summed E-state index contributed by atoms with van der Waals surface area (Å²) in [6.07, 6.45) is 6.44. The second-order valence-corrected chi connectivity index (χ2v) is 6.58. The molecule has 1 aliphatic carbocycles. The second-order valence-electron chi connectivity index (χ2n) is 5.70. The Kier molecular flexibility index (Phi) is 3.28. The molecule has 2 heterocycles. The Bertz CT molecular complexity index is 730. The van der Waals surface area contributed by atoms with E-state index in [2.05, 4.69) is 58.7 Å². The van der Waals surface area contributed by atoms with Crippen LogP contribution in [0.15, 0.2) is 42.0 Å². The van der Waals surface area contributed by atoms with Gasteiger partial charge in [-0.3, -0.25) is 4.40 Å². The summed E-state index contributed by atoms with van der Waals surface area (Å²) in [5.41, 5.74) is 4.22. The lowest BCUT2D eigenvalue weighted by Crippen LogP contribution is -2.41. The molecule has 2 unspecified atom stereocenters. The SMILES string of the molecule is CCNC(Cc1cn2ccsc2n1)C1Cc2ccccc21. The number of hydrogen-bond donors (Lipinski definition) is 1. The summed E-state index contributed by atoms with van der Waals surface area (Å²) in [5, 5.41) is 5.74. The molecule has 1 aromatic carbocycles. The molecule has 3 aromatic rings. The molecule has 0 radical (unpaired) electrons. The predicted molar refractivity (Wildman–Crippen MR) is 87.1 cm³/mol. The van der Waals surface area contributed by atoms with Crippen molar-refractivity contribution >= 4 is 16.3 Å². The van der Waals surface area contributed by atoms with E-state index in [1.54, 1.807) is 11.3 Å². The Morgan fingerprint density at radius 2 is 2.33 bits per heavy atom. The minimum atomic E-state index is 0.481. The van der Waals surface area contributed by atoms with Crippen LogP contribution in [-0.2, 0) is 12.8 Å². The number of imidazole rings is 1. The van der Waals surface area contributed by atoms with Crippen molar-refractivity contribution in [2.24, 2.45) is 0 Å². The first kappa shape index (κ1) is 13.0. The van der Waals surface area contributed by atoms with Crippen LogP contribution in [0.4, 0.5) is 0 Å². The number of rotatable bonds is 5. The fourth-order valence-electron chi connectivity index (χ4n) is 3.38. The van der Waals surface area contributed by atoms with Crippen molar-refractivity contribution in [1.82, 2.24) is 14.7 Å². The Labute approximate surface area is 128 Å². The van der Waals surface area contributed by atoms with E-state index in [0.717, 1.165) is 17.9 Å². The molecule has 1 N–H and O–H groups in total. The maximum absolute atomic E-state index is 4.73. The van der Waals surface area contributed by atoms with Gasteiger partial charge in [-0.15, -0.1) is 11.3 Å². The molecule has 21 heavy (non-hydrogen) atoms. The third-order valence-electron chi connectivity index (χ3n) is 4.42. The highest BCUT2D eigenvalue weighted by atomic mass is 32.1. The van der Waals surface area contributed by atoms with Crippen molar-refractivity contribution in [2.45, 2.75) is 31.7 Å². The molecular formula is C17H19N3S. The van der Waals surface area contributed by atoms with Gasteiger partial charge >= 0.3 is 0 Å². The average Bonchev–Trinajstić information content (AvgIpc) is 3.01. The molecule has 0 spiro atoms. The number of hydrogen-bond acceptors (Lipinski definition) is 3. The molecule has 1 aliphatic rings. The Balaban J connectivity index is 1.56. The first-order valence-corrected chi connectivity index (χ1v) is 8.45. The van der Waals surface area contributed by atoms with Gasteiger partial charge in [-0.2, -0.15) is 0 Å². The molecule has 0 saturated heterocycles. The average molecular weight is 297 g/mol. The van der Waals surface area contributed by atoms with Crippen LogP contribution in [0.25, 0.3) is 4.96 Å². The lowest BCUT2D eigenvalue weighted by molar-refractivity contribution is 0.402. The van der Waals surface area contributed by atoms with Gasteiger partial charge in [0.1, 0.15) is 0 Å². The van der Waals surface area contributed by atoms with E-state index < -0.39 is 0 Å². The van der Waals surface area contributed by atoms with E-state index in [1.165, 1.54) is 23.2 Å². The van der Waals surface area contributed by atoms with Gasteiger partial charge in [0.05, 0.1) is 5.69 Å². The van der Waals surface area contributed by atoms with E-state index in [-0.39, 0.29) is 0 Å². The molecule has 0 fully saturated rings. The third kappa shape index (κ3) is 2.28. The number of benzene rings is 1. The fourth-order valence-corrected chi connectivity index (χ4v) is 4.09. The minimum absolute atomic E-state index is 0.481. The number of thiazole rings is 1. The van der Waals surface area contributed by atoms with Gasteiger partial charge in [-0.25, -0.2) is 4.98 Å². The summed E-state index contributed by atoms with van der Waals surface area (Å²) in [4.78, 5) is 5.82. The summed E-state index contributed by atoms with van der Waals surface area (Å²) < 4.78 is 2.12. The zero-order chi connectivity index (χ0) is 14.2. The van der Waals surface area contributed by atoms with Crippen molar-refractivity contribution < 1.29 is 0 Å². The summed E-state index contributed by atoms with van der Waals surface area (Å²) in [5.74, 6) is 0.626. The smallest absolute Gasteiger partial charge is 0.193 e. The topological polar surface area (TPSA) is 29.3 Å². The maximum atomic E-state index is 4.73. The number of nitrogens with zero attached hydrogens (tertiary/aromatic N) is 2. The van der Waals surface area contributed by atoms with Crippen molar-refractivity contribution in [2.75, 3.05) is 6.54 Å². The summed E-state index contributed by atoms with van der Waals surface area (Å²) >= 11 is 1.70. The molecule has 3 nitrogen and oxygen atoms in total. The van der Waals surface area contributed by atoms with Crippen molar-refractivity contribution in [3.05, 3.63) is 58.9 Å². The van der Waals surface area contributed by atoms with Crippen LogP contribution in [0, 0.1) is 0 Å². The summed E-state index contributed by atoms with van der Waals surface area (Å²) in [7, 11) is 0. The zero-order valence-electron chi connectivity index (χ0n) is 12.1. The van der Waals surface area contributed by atoms with Crippen molar-refractivity contribution in [3.8, 4) is 0 Å². The van der Waals surface area contributed by atoms with Crippen LogP contribution in [0.1, 0.15) is 29.7 Å². The van der Waals surface area contributed by atoms with E-state index in [0.29, 0.717) is 12.0 Å². The van der Waals surface area contributed by atoms with E-state index >= 15 is 0 Å². The molecule has 0 saturated carbocycles. The van der Waals surface area contributed by atoms with E-state index in [9.17, 15) is 0 Å². The van der Waals surface area contributed by atoms with Gasteiger partial charge < -0.3 is 5.32 Å². The molecule has 0 amide bonds. The number of likely N-dealkylation sites (N-methyl/N-ethyl adjacent to an activating group) is 1. The standard InChI is InChI=1S/C17H19N3S/c1-2-18-16(15-9-12-5-3-4-6-14(12)15)10-13-11-20-7-8-21-17(20)19-13/h3-8,11,15-16,18H,2,9-10H2,1H3. The van der Waals surface area contributed by atoms with Crippen molar-refractivity contribution in [1.29, 1.82) is 0 Å². The molecular weight excluding hydrogens is 278 g/mol. The van der Waals surface area contributed by atoms with E-state index in [4.69, 9.17) is 4.98 Å². The summed E-state index contributed by atoms with van der Waals surface area (Å²) in [6, 6.07) is 9.30. The fraction of sp³-hybridized carbons (Fsp3) is 0.353. The highest BCUT2D eigenvalue weighted by molar-refractivity contribution is 7.15. The van der Waals surface area contributed by atoms with Crippen molar-refractivity contribution in [3.63, 3.8) is 0 Å². The summed E-state index contributed by atoms with van der Waals surface area (Å²) in [6.45, 7) is 3.19. The van der Waals surface area contributed by atoms with E-state index in [1.807, 2.05) is 0 Å². The van der Waals surface area contributed by atoms with Crippen LogP contribution in [0.2, 0.25) is 0 Å². The molecule has 2 aromatic heterocycles. The molecule has 4 heteroatoms. The third-order valence-corrected chi connectivity index (χ3v) is 5.19. The Hall–Kier alpha value is -1.65. The number of fused-ring (bicyclic) bond motifs is 2. The van der Waals surface area contributed by atoms with Gasteiger partial charge in [0.15, 0.2) is 4.96 Å². The first-order valence-electron chi connectivity index (χ1n) is 7.57. The highest BCUT2D eigenvalue weighted by Crippen LogP contribution is 2.38. The first-order chi connectivity index (χ1) is 10.3. The highest BCUT2D eigenvalue weighted by Gasteiger charge is 2.32. The largest absolute Gasteiger partial charge is 0.313 e. The van der Waals surface area contributed by atoms with Crippen LogP contribution >= 0.6 is 11.3 Å². The van der Waals surface area contributed by atoms with Gasteiger partial charge in [0, 0.05) is 36.2 Å². The minimum Gasteiger partial charge on any atom is -0.313 e. The molecule has 2 atom stereocenters. The zero-order valence-corrected chi connectivity index (χ0v) is 12.9. The maximum Gasteiger partial charge on any atom is 0.193 e. The van der Waals surface area contributed by atoms with Crippen LogP contribution < -0.4 is 5.32 Å².